The Bertz CT molecular complexity index is 1110. The number of nitriles is 1. The summed E-state index contributed by atoms with van der Waals surface area (Å²) in [5.41, 5.74) is 2.62. The molecule has 6 heteroatoms. The number of ether oxygens (including phenoxy) is 1. The molecule has 0 fully saturated rings. The maximum Gasteiger partial charge on any atom is 0.247 e. The molecule has 6 nitrogen and oxygen atoms in total. The summed E-state index contributed by atoms with van der Waals surface area (Å²) in [6.45, 7) is 7.17. The molecule has 36 heavy (non-hydrogen) atoms. The number of amides is 1. The summed E-state index contributed by atoms with van der Waals surface area (Å²) in [4.78, 5) is 17.6. The molecule has 188 valence electrons. The van der Waals surface area contributed by atoms with E-state index in [2.05, 4.69) is 42.5 Å². The zero-order chi connectivity index (χ0) is 25.8. The van der Waals surface area contributed by atoms with Gasteiger partial charge in [0, 0.05) is 6.54 Å². The number of rotatable bonds is 13. The van der Waals surface area contributed by atoms with Gasteiger partial charge in [-0.2, -0.15) is 5.26 Å². The molecule has 3 aromatic rings. The summed E-state index contributed by atoms with van der Waals surface area (Å²) in [5.74, 6) is 1.63. The van der Waals surface area contributed by atoms with Crippen molar-refractivity contribution in [2.75, 3.05) is 11.9 Å². The molecule has 2 N–H and O–H groups in total. The lowest BCUT2D eigenvalue weighted by atomic mass is 10.00. The van der Waals surface area contributed by atoms with Gasteiger partial charge in [0.25, 0.3) is 0 Å². The highest BCUT2D eigenvalue weighted by Gasteiger charge is 2.20. The second-order valence-corrected chi connectivity index (χ2v) is 9.12. The third-order valence-corrected chi connectivity index (χ3v) is 6.35. The van der Waals surface area contributed by atoms with Crippen LogP contribution in [0, 0.1) is 17.2 Å². The summed E-state index contributed by atoms with van der Waals surface area (Å²) in [6.07, 6.45) is 5.65. The first-order valence-corrected chi connectivity index (χ1v) is 12.7. The third kappa shape index (κ3) is 8.21. The minimum absolute atomic E-state index is 0.157. The number of nitrogens with zero attached hydrogens (tertiary/aromatic N) is 2. The molecule has 1 aromatic heterocycles. The van der Waals surface area contributed by atoms with E-state index >= 15 is 0 Å². The van der Waals surface area contributed by atoms with Crippen LogP contribution >= 0.6 is 0 Å². The molecule has 0 saturated heterocycles. The number of aromatic nitrogens is 1. The molecule has 3 rings (SSSR count). The number of pyridine rings is 1. The van der Waals surface area contributed by atoms with E-state index in [9.17, 15) is 4.79 Å². The maximum absolute atomic E-state index is 13.2. The van der Waals surface area contributed by atoms with E-state index in [1.165, 1.54) is 0 Å². The first-order valence-electron chi connectivity index (χ1n) is 12.7. The molecular weight excluding hydrogens is 448 g/mol. The molecule has 0 spiro atoms. The van der Waals surface area contributed by atoms with Gasteiger partial charge in [0.2, 0.25) is 5.91 Å². The SMILES string of the molecule is CCC(C)CC(CC)Oc1ccc(NC(=O)C(NCCc2ccc(C#N)cc2)c2ccccc2)nc1. The van der Waals surface area contributed by atoms with Gasteiger partial charge in [-0.25, -0.2) is 4.98 Å². The van der Waals surface area contributed by atoms with Crippen LogP contribution in [0.2, 0.25) is 0 Å². The summed E-state index contributed by atoms with van der Waals surface area (Å²) in [7, 11) is 0. The van der Waals surface area contributed by atoms with E-state index in [1.54, 1.807) is 12.3 Å². The zero-order valence-corrected chi connectivity index (χ0v) is 21.4. The summed E-state index contributed by atoms with van der Waals surface area (Å²) in [6, 6.07) is 22.4. The van der Waals surface area contributed by atoms with Crippen molar-refractivity contribution >= 4 is 11.7 Å². The van der Waals surface area contributed by atoms with Crippen molar-refractivity contribution in [3.63, 3.8) is 0 Å². The van der Waals surface area contributed by atoms with E-state index in [4.69, 9.17) is 10.00 Å². The predicted octanol–water partition coefficient (Wildman–Crippen LogP) is 6.06. The van der Waals surface area contributed by atoms with Gasteiger partial charge in [0.1, 0.15) is 17.6 Å². The second kappa shape index (κ2) is 14.0. The van der Waals surface area contributed by atoms with Crippen molar-refractivity contribution < 1.29 is 9.53 Å². The lowest BCUT2D eigenvalue weighted by Gasteiger charge is -2.21. The van der Waals surface area contributed by atoms with Gasteiger partial charge >= 0.3 is 0 Å². The van der Waals surface area contributed by atoms with Crippen LogP contribution in [-0.4, -0.2) is 23.5 Å². The zero-order valence-electron chi connectivity index (χ0n) is 21.4. The van der Waals surface area contributed by atoms with Crippen molar-refractivity contribution in [2.45, 2.75) is 58.6 Å². The van der Waals surface area contributed by atoms with Crippen LogP contribution in [0.25, 0.3) is 0 Å². The Kier molecular flexibility index (Phi) is 10.5. The first kappa shape index (κ1) is 26.9. The summed E-state index contributed by atoms with van der Waals surface area (Å²) < 4.78 is 6.12. The molecule has 0 aliphatic carbocycles. The molecule has 3 unspecified atom stereocenters. The molecular formula is C30H36N4O2. The molecule has 2 aromatic carbocycles. The quantitative estimate of drug-likeness (QED) is 0.308. The Balaban J connectivity index is 1.61. The fourth-order valence-corrected chi connectivity index (χ4v) is 3.94. The molecule has 1 amide bonds. The Morgan fingerprint density at radius 1 is 1.03 bits per heavy atom. The lowest BCUT2D eigenvalue weighted by molar-refractivity contribution is -0.118. The smallest absolute Gasteiger partial charge is 0.247 e. The number of hydrogen-bond acceptors (Lipinski definition) is 5. The summed E-state index contributed by atoms with van der Waals surface area (Å²) >= 11 is 0. The van der Waals surface area contributed by atoms with Crippen molar-refractivity contribution in [1.82, 2.24) is 10.3 Å². The fraction of sp³-hybridized carbons (Fsp3) is 0.367. The van der Waals surface area contributed by atoms with Crippen LogP contribution in [0.3, 0.4) is 0 Å². The van der Waals surface area contributed by atoms with Gasteiger partial charge in [0.15, 0.2) is 0 Å². The minimum atomic E-state index is -0.526. The highest BCUT2D eigenvalue weighted by Crippen LogP contribution is 2.21. The average Bonchev–Trinajstić information content (AvgIpc) is 2.92. The van der Waals surface area contributed by atoms with Crippen LogP contribution in [0.5, 0.6) is 5.75 Å². The topological polar surface area (TPSA) is 87.0 Å². The largest absolute Gasteiger partial charge is 0.489 e. The highest BCUT2D eigenvalue weighted by atomic mass is 16.5. The number of carbonyl (C=O) groups excluding carboxylic acids is 1. The molecule has 3 atom stereocenters. The Morgan fingerprint density at radius 3 is 2.39 bits per heavy atom. The van der Waals surface area contributed by atoms with Gasteiger partial charge in [-0.3, -0.25) is 4.79 Å². The van der Waals surface area contributed by atoms with Crippen LogP contribution in [0.4, 0.5) is 5.82 Å². The van der Waals surface area contributed by atoms with E-state index < -0.39 is 6.04 Å². The molecule has 0 saturated carbocycles. The van der Waals surface area contributed by atoms with E-state index in [-0.39, 0.29) is 12.0 Å². The molecule has 1 heterocycles. The van der Waals surface area contributed by atoms with E-state index in [0.717, 1.165) is 36.8 Å². The molecule has 0 bridgehead atoms. The number of benzene rings is 2. The normalized spacial score (nSPS) is 13.3. The number of carbonyl (C=O) groups is 1. The minimum Gasteiger partial charge on any atom is -0.489 e. The van der Waals surface area contributed by atoms with Gasteiger partial charge in [-0.15, -0.1) is 0 Å². The number of hydrogen-bond donors (Lipinski definition) is 2. The van der Waals surface area contributed by atoms with Crippen molar-refractivity contribution in [1.29, 1.82) is 5.26 Å². The fourth-order valence-electron chi connectivity index (χ4n) is 3.94. The second-order valence-electron chi connectivity index (χ2n) is 9.12. The molecule has 0 aliphatic heterocycles. The Hall–Kier alpha value is -3.69. The third-order valence-electron chi connectivity index (χ3n) is 6.35. The Labute approximate surface area is 214 Å². The van der Waals surface area contributed by atoms with Crippen molar-refractivity contribution in [3.8, 4) is 11.8 Å². The average molecular weight is 485 g/mol. The Morgan fingerprint density at radius 2 is 1.78 bits per heavy atom. The highest BCUT2D eigenvalue weighted by molar-refractivity contribution is 5.94. The summed E-state index contributed by atoms with van der Waals surface area (Å²) in [5, 5.41) is 15.3. The molecule has 0 radical (unpaired) electrons. The predicted molar refractivity (Wildman–Crippen MR) is 144 cm³/mol. The van der Waals surface area contributed by atoms with Gasteiger partial charge < -0.3 is 15.4 Å². The van der Waals surface area contributed by atoms with Crippen LogP contribution < -0.4 is 15.4 Å². The standard InChI is InChI=1S/C30H36N4O2/c1-4-22(3)19-26(5-2)36-27-15-16-28(33-21-27)34-30(35)29(25-9-7-6-8-10-25)32-18-17-23-11-13-24(20-31)14-12-23/h6-16,21-22,26,29,32H,4-5,17-19H2,1-3H3,(H,33,34,35). The van der Waals surface area contributed by atoms with Crippen LogP contribution in [0.1, 0.15) is 62.8 Å². The van der Waals surface area contributed by atoms with Crippen molar-refractivity contribution in [2.24, 2.45) is 5.92 Å². The number of nitrogens with one attached hydrogen (secondary N) is 2. The van der Waals surface area contributed by atoms with Gasteiger partial charge in [-0.1, -0.05) is 69.7 Å². The van der Waals surface area contributed by atoms with Crippen LogP contribution in [-0.2, 0) is 11.2 Å². The lowest BCUT2D eigenvalue weighted by Crippen LogP contribution is -2.34. The van der Waals surface area contributed by atoms with Gasteiger partial charge in [-0.05, 0) is 60.6 Å². The maximum atomic E-state index is 13.2. The number of anilines is 1. The van der Waals surface area contributed by atoms with Crippen LogP contribution in [0.15, 0.2) is 72.9 Å². The van der Waals surface area contributed by atoms with Crippen molar-refractivity contribution in [3.05, 3.63) is 89.6 Å². The van der Waals surface area contributed by atoms with Gasteiger partial charge in [0.05, 0.1) is 23.9 Å². The van der Waals surface area contributed by atoms with E-state index in [1.807, 2.05) is 60.7 Å². The molecule has 0 aliphatic rings. The first-order chi connectivity index (χ1) is 17.5. The van der Waals surface area contributed by atoms with E-state index in [0.29, 0.717) is 29.6 Å². The monoisotopic (exact) mass is 484 g/mol.